The molecule has 3 aromatic rings. The largest absolute Gasteiger partial charge is 0.477 e. The number of hydrogen-bond donors (Lipinski definition) is 1. The van der Waals surface area contributed by atoms with Crippen molar-refractivity contribution in [1.82, 2.24) is 4.98 Å². The highest BCUT2D eigenvalue weighted by atomic mass is 35.5. The van der Waals surface area contributed by atoms with E-state index in [1.165, 1.54) is 24.3 Å². The fourth-order valence-electron chi connectivity index (χ4n) is 2.50. The molecule has 0 saturated heterocycles. The molecule has 0 bridgehead atoms. The Morgan fingerprint density at radius 1 is 1.07 bits per heavy atom. The van der Waals surface area contributed by atoms with Crippen molar-refractivity contribution >= 4 is 17.6 Å². The molecule has 0 unspecified atom stereocenters. The van der Waals surface area contributed by atoms with Crippen LogP contribution in [0.2, 0.25) is 5.02 Å². The summed E-state index contributed by atoms with van der Waals surface area (Å²) in [6.07, 6.45) is -5.15. The van der Waals surface area contributed by atoms with Crippen molar-refractivity contribution in [2.45, 2.75) is 6.18 Å². The zero-order chi connectivity index (χ0) is 21.3. The molecule has 0 aliphatic rings. The summed E-state index contributed by atoms with van der Waals surface area (Å²) in [6.45, 7) is 0. The molecule has 0 amide bonds. The Labute approximate surface area is 165 Å². The first-order chi connectivity index (χ1) is 13.6. The van der Waals surface area contributed by atoms with Gasteiger partial charge in [0.2, 0.25) is 5.88 Å². The highest BCUT2D eigenvalue weighted by Gasteiger charge is 2.39. The maximum absolute atomic E-state index is 14.1. The molecule has 1 N–H and O–H groups in total. The van der Waals surface area contributed by atoms with Crippen LogP contribution in [0.4, 0.5) is 22.0 Å². The number of halogens is 6. The minimum absolute atomic E-state index is 0.0264. The van der Waals surface area contributed by atoms with Crippen molar-refractivity contribution in [1.29, 1.82) is 0 Å². The second-order valence-corrected chi connectivity index (χ2v) is 6.08. The summed E-state index contributed by atoms with van der Waals surface area (Å²) in [6, 6.07) is 8.76. The third kappa shape index (κ3) is 4.14. The number of para-hydroxylation sites is 1. The van der Waals surface area contributed by atoms with Crippen LogP contribution in [-0.2, 0) is 6.18 Å². The van der Waals surface area contributed by atoms with Crippen LogP contribution in [0.3, 0.4) is 0 Å². The third-order valence-corrected chi connectivity index (χ3v) is 4.09. The van der Waals surface area contributed by atoms with Crippen LogP contribution < -0.4 is 4.74 Å². The molecule has 0 fully saturated rings. The Kier molecular flexibility index (Phi) is 5.43. The molecule has 0 spiro atoms. The normalized spacial score (nSPS) is 11.4. The van der Waals surface area contributed by atoms with E-state index in [1.807, 2.05) is 0 Å². The van der Waals surface area contributed by atoms with E-state index in [4.69, 9.17) is 16.3 Å². The van der Waals surface area contributed by atoms with E-state index in [-0.39, 0.29) is 10.8 Å². The minimum atomic E-state index is -5.15. The number of hydrogen-bond acceptors (Lipinski definition) is 3. The lowest BCUT2D eigenvalue weighted by atomic mass is 10.0. The number of nitrogens with zero attached hydrogens (tertiary/aromatic N) is 1. The van der Waals surface area contributed by atoms with Crippen LogP contribution in [0, 0.1) is 11.6 Å². The van der Waals surface area contributed by atoms with Gasteiger partial charge in [0.25, 0.3) is 0 Å². The standard InChI is InChI=1S/C19H9ClF5NO3/c20-11-5-1-2-7-14(11)29-17-15(18(27)28)10(19(23,24)25)8-13(26-17)9-4-3-6-12(21)16(9)22/h1-8H,(H,27,28). The van der Waals surface area contributed by atoms with E-state index in [0.717, 1.165) is 18.2 Å². The molecule has 0 aliphatic carbocycles. The number of benzene rings is 2. The van der Waals surface area contributed by atoms with Crippen molar-refractivity contribution in [3.63, 3.8) is 0 Å². The van der Waals surface area contributed by atoms with Crippen molar-refractivity contribution in [3.05, 3.63) is 76.3 Å². The summed E-state index contributed by atoms with van der Waals surface area (Å²) in [5, 5.41) is 9.30. The molecule has 0 aliphatic heterocycles. The summed E-state index contributed by atoms with van der Waals surface area (Å²) in [5.74, 6) is -5.87. The van der Waals surface area contributed by atoms with Crippen molar-refractivity contribution < 1.29 is 36.6 Å². The molecule has 150 valence electrons. The molecular weight excluding hydrogens is 421 g/mol. The quantitative estimate of drug-likeness (QED) is 0.502. The van der Waals surface area contributed by atoms with Gasteiger partial charge in [-0.15, -0.1) is 0 Å². The van der Waals surface area contributed by atoms with Gasteiger partial charge in [-0.1, -0.05) is 29.8 Å². The van der Waals surface area contributed by atoms with Crippen molar-refractivity contribution in [3.8, 4) is 22.9 Å². The van der Waals surface area contributed by atoms with Gasteiger partial charge in [-0.05, 0) is 30.3 Å². The number of aromatic nitrogens is 1. The summed E-state index contributed by atoms with van der Waals surface area (Å²) in [4.78, 5) is 15.3. The first-order valence-electron chi connectivity index (χ1n) is 7.82. The molecule has 2 aromatic carbocycles. The van der Waals surface area contributed by atoms with Crippen LogP contribution in [0.15, 0.2) is 48.5 Å². The molecule has 3 rings (SSSR count). The second kappa shape index (κ2) is 7.67. The van der Waals surface area contributed by atoms with Gasteiger partial charge in [0, 0.05) is 5.56 Å². The SMILES string of the molecule is O=C(O)c1c(C(F)(F)F)cc(-c2cccc(F)c2F)nc1Oc1ccccc1Cl. The van der Waals surface area contributed by atoms with Gasteiger partial charge in [0.05, 0.1) is 16.3 Å². The number of alkyl halides is 3. The van der Waals surface area contributed by atoms with E-state index in [9.17, 15) is 31.9 Å². The molecule has 1 aromatic heterocycles. The van der Waals surface area contributed by atoms with Gasteiger partial charge in [-0.2, -0.15) is 13.2 Å². The summed E-state index contributed by atoms with van der Waals surface area (Å²) in [7, 11) is 0. The van der Waals surface area contributed by atoms with Gasteiger partial charge < -0.3 is 9.84 Å². The zero-order valence-electron chi connectivity index (χ0n) is 14.1. The van der Waals surface area contributed by atoms with Crippen LogP contribution >= 0.6 is 11.6 Å². The Hall–Kier alpha value is -3.20. The Bertz CT molecular complexity index is 1100. The molecule has 1 heterocycles. The molecule has 4 nitrogen and oxygen atoms in total. The molecule has 0 saturated carbocycles. The molecule has 0 radical (unpaired) electrons. The summed E-state index contributed by atoms with van der Waals surface area (Å²) in [5.41, 5.74) is -4.20. The highest BCUT2D eigenvalue weighted by Crippen LogP contribution is 2.40. The lowest BCUT2D eigenvalue weighted by Gasteiger charge is -2.17. The fourth-order valence-corrected chi connectivity index (χ4v) is 2.67. The van der Waals surface area contributed by atoms with Crippen LogP contribution in [0.5, 0.6) is 11.6 Å². The van der Waals surface area contributed by atoms with E-state index < -0.39 is 52.0 Å². The first-order valence-corrected chi connectivity index (χ1v) is 8.19. The predicted octanol–water partition coefficient (Wildman–Crippen LogP) is 6.19. The monoisotopic (exact) mass is 429 g/mol. The number of rotatable bonds is 4. The smallest absolute Gasteiger partial charge is 0.417 e. The van der Waals surface area contributed by atoms with Gasteiger partial charge in [0.1, 0.15) is 11.3 Å². The third-order valence-electron chi connectivity index (χ3n) is 3.78. The molecular formula is C19H9ClF5NO3. The average molecular weight is 430 g/mol. The lowest BCUT2D eigenvalue weighted by Crippen LogP contribution is -2.16. The Morgan fingerprint density at radius 2 is 1.76 bits per heavy atom. The van der Waals surface area contributed by atoms with E-state index in [0.29, 0.717) is 6.07 Å². The highest BCUT2D eigenvalue weighted by molar-refractivity contribution is 6.32. The summed E-state index contributed by atoms with van der Waals surface area (Å²) < 4.78 is 73.5. The second-order valence-electron chi connectivity index (χ2n) is 5.67. The fraction of sp³-hybridized carbons (Fsp3) is 0.0526. The number of aromatic carboxylic acids is 1. The number of carbonyl (C=O) groups is 1. The maximum Gasteiger partial charge on any atom is 0.417 e. The zero-order valence-corrected chi connectivity index (χ0v) is 14.9. The first kappa shape index (κ1) is 20.5. The maximum atomic E-state index is 14.1. The van der Waals surface area contributed by atoms with Gasteiger partial charge in [-0.25, -0.2) is 18.6 Å². The number of pyridine rings is 1. The predicted molar refractivity (Wildman–Crippen MR) is 93.1 cm³/mol. The van der Waals surface area contributed by atoms with Gasteiger partial charge in [-0.3, -0.25) is 0 Å². The number of ether oxygens (including phenoxy) is 1. The Morgan fingerprint density at radius 3 is 2.38 bits per heavy atom. The van der Waals surface area contributed by atoms with E-state index in [2.05, 4.69) is 4.98 Å². The minimum Gasteiger partial charge on any atom is -0.477 e. The van der Waals surface area contributed by atoms with E-state index in [1.54, 1.807) is 0 Å². The molecule has 0 atom stereocenters. The van der Waals surface area contributed by atoms with Crippen LogP contribution in [0.1, 0.15) is 15.9 Å². The van der Waals surface area contributed by atoms with Crippen LogP contribution in [0.25, 0.3) is 11.3 Å². The van der Waals surface area contributed by atoms with Crippen molar-refractivity contribution in [2.24, 2.45) is 0 Å². The van der Waals surface area contributed by atoms with Gasteiger partial charge in [0.15, 0.2) is 11.6 Å². The van der Waals surface area contributed by atoms with Crippen molar-refractivity contribution in [2.75, 3.05) is 0 Å². The summed E-state index contributed by atoms with van der Waals surface area (Å²) >= 11 is 5.91. The topological polar surface area (TPSA) is 59.4 Å². The Balaban J connectivity index is 2.31. The molecule has 10 heteroatoms. The lowest BCUT2D eigenvalue weighted by molar-refractivity contribution is -0.138. The number of carboxylic acids is 1. The number of carboxylic acid groups (broad SMARTS) is 1. The molecule has 29 heavy (non-hydrogen) atoms. The van der Waals surface area contributed by atoms with E-state index >= 15 is 0 Å². The van der Waals surface area contributed by atoms with Crippen LogP contribution in [-0.4, -0.2) is 16.1 Å². The average Bonchev–Trinajstić information content (AvgIpc) is 2.64. The van der Waals surface area contributed by atoms with Gasteiger partial charge >= 0.3 is 12.1 Å².